The summed E-state index contributed by atoms with van der Waals surface area (Å²) in [6.45, 7) is 1.83. The molecule has 1 aromatic rings. The molecule has 0 amide bonds. The van der Waals surface area contributed by atoms with Crippen molar-refractivity contribution in [2.24, 2.45) is 0 Å². The van der Waals surface area contributed by atoms with Crippen LogP contribution in [0.1, 0.15) is 0 Å². The van der Waals surface area contributed by atoms with Gasteiger partial charge in [-0.2, -0.15) is 4.31 Å². The Morgan fingerprint density at radius 3 is 2.56 bits per heavy atom. The monoisotopic (exact) mass is 353 g/mol. The fraction of sp³-hybridized carbons (Fsp3) is 0.400. The average molecular weight is 353 g/mol. The highest BCUT2D eigenvalue weighted by Crippen LogP contribution is 2.18. The predicted molar refractivity (Wildman–Crippen MR) is 68.7 cm³/mol. The highest BCUT2D eigenvalue weighted by atomic mass is 127. The first kappa shape index (κ1) is 12.3. The first-order valence-electron chi connectivity index (χ1n) is 4.94. The lowest BCUT2D eigenvalue weighted by Gasteiger charge is -2.26. The fourth-order valence-electron chi connectivity index (χ4n) is 1.56. The molecule has 1 fully saturated rings. The van der Waals surface area contributed by atoms with Gasteiger partial charge in [0.2, 0.25) is 10.0 Å². The first-order valence-corrected chi connectivity index (χ1v) is 7.46. The SMILES string of the molecule is O=S(=O)(c1cccc(I)c1)N1CCOCC1. The number of hydrogen-bond acceptors (Lipinski definition) is 3. The van der Waals surface area contributed by atoms with Gasteiger partial charge in [-0.3, -0.25) is 0 Å². The molecule has 4 nitrogen and oxygen atoms in total. The van der Waals surface area contributed by atoms with E-state index in [1.807, 2.05) is 6.07 Å². The molecule has 0 N–H and O–H groups in total. The quantitative estimate of drug-likeness (QED) is 0.754. The average Bonchev–Trinajstić information content (AvgIpc) is 2.30. The molecule has 0 atom stereocenters. The standard InChI is InChI=1S/C10H12INO3S/c11-9-2-1-3-10(8-9)16(13,14)12-4-6-15-7-5-12/h1-3,8H,4-7H2. The van der Waals surface area contributed by atoms with Crippen LogP contribution in [0.5, 0.6) is 0 Å². The van der Waals surface area contributed by atoms with Crippen molar-refractivity contribution < 1.29 is 13.2 Å². The van der Waals surface area contributed by atoms with Crippen molar-refractivity contribution in [2.75, 3.05) is 26.3 Å². The third kappa shape index (κ3) is 2.55. The Balaban J connectivity index is 2.30. The summed E-state index contributed by atoms with van der Waals surface area (Å²) in [5, 5.41) is 0. The van der Waals surface area contributed by atoms with Gasteiger partial charge in [0, 0.05) is 16.7 Å². The molecule has 2 rings (SSSR count). The number of rotatable bonds is 2. The van der Waals surface area contributed by atoms with E-state index >= 15 is 0 Å². The van der Waals surface area contributed by atoms with Crippen LogP contribution in [-0.2, 0) is 14.8 Å². The molecule has 0 bridgehead atoms. The van der Waals surface area contributed by atoms with Crippen LogP contribution >= 0.6 is 22.6 Å². The minimum Gasteiger partial charge on any atom is -0.379 e. The number of halogens is 1. The summed E-state index contributed by atoms with van der Waals surface area (Å²) < 4.78 is 32.0. The zero-order valence-electron chi connectivity index (χ0n) is 8.60. The van der Waals surface area contributed by atoms with Gasteiger partial charge in [0.1, 0.15) is 0 Å². The van der Waals surface area contributed by atoms with Gasteiger partial charge in [0.25, 0.3) is 0 Å². The second-order valence-electron chi connectivity index (χ2n) is 3.47. The maximum absolute atomic E-state index is 12.2. The Morgan fingerprint density at radius 1 is 1.25 bits per heavy atom. The molecular weight excluding hydrogens is 341 g/mol. The summed E-state index contributed by atoms with van der Waals surface area (Å²) in [4.78, 5) is 0.362. The van der Waals surface area contributed by atoms with E-state index in [0.717, 1.165) is 3.57 Å². The normalized spacial score (nSPS) is 18.6. The number of benzene rings is 1. The molecular formula is C10H12INO3S. The summed E-state index contributed by atoms with van der Waals surface area (Å²) in [7, 11) is -3.34. The minimum absolute atomic E-state index is 0.362. The summed E-state index contributed by atoms with van der Waals surface area (Å²) in [6, 6.07) is 6.95. The molecule has 1 heterocycles. The Morgan fingerprint density at radius 2 is 1.94 bits per heavy atom. The summed E-state index contributed by atoms with van der Waals surface area (Å²) in [6.07, 6.45) is 0. The van der Waals surface area contributed by atoms with E-state index < -0.39 is 10.0 Å². The Hall–Kier alpha value is -0.180. The van der Waals surface area contributed by atoms with Gasteiger partial charge in [-0.05, 0) is 40.8 Å². The summed E-state index contributed by atoms with van der Waals surface area (Å²) in [5.74, 6) is 0. The van der Waals surface area contributed by atoms with Crippen LogP contribution in [-0.4, -0.2) is 39.0 Å². The molecule has 16 heavy (non-hydrogen) atoms. The van der Waals surface area contributed by atoms with Gasteiger partial charge in [-0.25, -0.2) is 8.42 Å². The molecule has 0 saturated carbocycles. The van der Waals surface area contributed by atoms with Gasteiger partial charge >= 0.3 is 0 Å². The number of nitrogens with zero attached hydrogens (tertiary/aromatic N) is 1. The van der Waals surface area contributed by atoms with Crippen LogP contribution in [0, 0.1) is 3.57 Å². The molecule has 1 aliphatic rings. The van der Waals surface area contributed by atoms with Crippen molar-refractivity contribution in [3.8, 4) is 0 Å². The predicted octanol–water partition coefficient (Wildman–Crippen LogP) is 1.31. The van der Waals surface area contributed by atoms with Crippen LogP contribution < -0.4 is 0 Å². The molecule has 6 heteroatoms. The van der Waals surface area contributed by atoms with Crippen molar-refractivity contribution in [3.63, 3.8) is 0 Å². The highest BCUT2D eigenvalue weighted by molar-refractivity contribution is 14.1. The maximum Gasteiger partial charge on any atom is 0.243 e. The molecule has 88 valence electrons. The second-order valence-corrected chi connectivity index (χ2v) is 6.66. The Labute approximate surface area is 109 Å². The molecule has 0 aliphatic carbocycles. The van der Waals surface area contributed by atoms with Crippen molar-refractivity contribution in [1.82, 2.24) is 4.31 Å². The lowest BCUT2D eigenvalue weighted by Crippen LogP contribution is -2.40. The second kappa shape index (κ2) is 4.99. The topological polar surface area (TPSA) is 46.6 Å². The summed E-state index contributed by atoms with van der Waals surface area (Å²) >= 11 is 2.11. The third-order valence-corrected chi connectivity index (χ3v) is 4.97. The number of morpholine rings is 1. The van der Waals surface area contributed by atoms with E-state index in [-0.39, 0.29) is 0 Å². The van der Waals surface area contributed by atoms with Gasteiger partial charge in [0.05, 0.1) is 18.1 Å². The molecule has 0 aromatic heterocycles. The van der Waals surface area contributed by atoms with Crippen LogP contribution in [0.3, 0.4) is 0 Å². The Bertz CT molecular complexity index is 469. The molecule has 1 aromatic carbocycles. The van der Waals surface area contributed by atoms with Crippen molar-refractivity contribution in [1.29, 1.82) is 0 Å². The molecule has 0 radical (unpaired) electrons. The highest BCUT2D eigenvalue weighted by Gasteiger charge is 2.26. The van der Waals surface area contributed by atoms with Crippen LogP contribution in [0.25, 0.3) is 0 Å². The van der Waals surface area contributed by atoms with Crippen LogP contribution in [0.4, 0.5) is 0 Å². The van der Waals surface area contributed by atoms with E-state index in [0.29, 0.717) is 31.2 Å². The van der Waals surface area contributed by atoms with Crippen molar-refractivity contribution >= 4 is 32.6 Å². The lowest BCUT2D eigenvalue weighted by atomic mass is 10.4. The summed E-state index contributed by atoms with van der Waals surface area (Å²) in [5.41, 5.74) is 0. The largest absolute Gasteiger partial charge is 0.379 e. The third-order valence-electron chi connectivity index (χ3n) is 2.40. The van der Waals surface area contributed by atoms with Gasteiger partial charge in [0.15, 0.2) is 0 Å². The maximum atomic E-state index is 12.2. The number of hydrogen-bond donors (Lipinski definition) is 0. The van der Waals surface area contributed by atoms with Crippen molar-refractivity contribution in [3.05, 3.63) is 27.8 Å². The molecule has 1 saturated heterocycles. The smallest absolute Gasteiger partial charge is 0.243 e. The van der Waals surface area contributed by atoms with Gasteiger partial charge < -0.3 is 4.74 Å². The minimum atomic E-state index is -3.34. The number of sulfonamides is 1. The lowest BCUT2D eigenvalue weighted by molar-refractivity contribution is 0.0730. The fourth-order valence-corrected chi connectivity index (χ4v) is 3.77. The molecule has 0 spiro atoms. The van der Waals surface area contributed by atoms with Gasteiger partial charge in [-0.15, -0.1) is 0 Å². The first-order chi connectivity index (χ1) is 7.60. The molecule has 1 aliphatic heterocycles. The zero-order chi connectivity index (χ0) is 11.6. The number of ether oxygens (including phenoxy) is 1. The van der Waals surface area contributed by atoms with E-state index in [4.69, 9.17) is 4.74 Å². The van der Waals surface area contributed by atoms with Crippen LogP contribution in [0.2, 0.25) is 0 Å². The van der Waals surface area contributed by atoms with Crippen LogP contribution in [0.15, 0.2) is 29.2 Å². The van der Waals surface area contributed by atoms with E-state index in [2.05, 4.69) is 22.6 Å². The van der Waals surface area contributed by atoms with Crippen molar-refractivity contribution in [2.45, 2.75) is 4.90 Å². The van der Waals surface area contributed by atoms with E-state index in [1.165, 1.54) is 4.31 Å². The van der Waals surface area contributed by atoms with E-state index in [1.54, 1.807) is 18.2 Å². The molecule has 0 unspecified atom stereocenters. The zero-order valence-corrected chi connectivity index (χ0v) is 11.6. The van der Waals surface area contributed by atoms with E-state index in [9.17, 15) is 8.42 Å². The van der Waals surface area contributed by atoms with Gasteiger partial charge in [-0.1, -0.05) is 6.07 Å². The Kier molecular flexibility index (Phi) is 3.83.